The van der Waals surface area contributed by atoms with Crippen LogP contribution in [0.5, 0.6) is 0 Å². The van der Waals surface area contributed by atoms with Crippen molar-refractivity contribution in [2.75, 3.05) is 13.1 Å². The molecule has 2 unspecified atom stereocenters. The van der Waals surface area contributed by atoms with E-state index in [0.29, 0.717) is 26.1 Å². The molecule has 1 aromatic carbocycles. The topological polar surface area (TPSA) is 77.8 Å². The highest BCUT2D eigenvalue weighted by Gasteiger charge is 2.38. The SMILES string of the molecule is Cc1ccc(CN2CCC(C(=O)O)C(C(=O)O)C2)cc1. The lowest BCUT2D eigenvalue weighted by molar-refractivity contribution is -0.157. The summed E-state index contributed by atoms with van der Waals surface area (Å²) in [5.74, 6) is -3.63. The molecule has 5 heteroatoms. The molecule has 0 spiro atoms. The standard InChI is InChI=1S/C15H19NO4/c1-10-2-4-11(5-3-10)8-16-7-6-12(14(17)18)13(9-16)15(19)20/h2-5,12-13H,6-9H2,1H3,(H,17,18)(H,19,20). The lowest BCUT2D eigenvalue weighted by atomic mass is 9.85. The van der Waals surface area contributed by atoms with E-state index < -0.39 is 23.8 Å². The molecule has 0 aromatic heterocycles. The molecule has 108 valence electrons. The van der Waals surface area contributed by atoms with Crippen LogP contribution >= 0.6 is 0 Å². The number of piperidine rings is 1. The van der Waals surface area contributed by atoms with Gasteiger partial charge in [0.25, 0.3) is 0 Å². The van der Waals surface area contributed by atoms with Gasteiger partial charge in [-0.15, -0.1) is 0 Å². The minimum absolute atomic E-state index is 0.292. The van der Waals surface area contributed by atoms with E-state index in [9.17, 15) is 14.7 Å². The fraction of sp³-hybridized carbons (Fsp3) is 0.467. The summed E-state index contributed by atoms with van der Waals surface area (Å²) in [7, 11) is 0. The number of carbonyl (C=O) groups is 2. The average molecular weight is 277 g/mol. The van der Waals surface area contributed by atoms with E-state index >= 15 is 0 Å². The van der Waals surface area contributed by atoms with E-state index in [1.165, 1.54) is 5.56 Å². The van der Waals surface area contributed by atoms with Gasteiger partial charge in [-0.05, 0) is 25.5 Å². The van der Waals surface area contributed by atoms with Crippen LogP contribution in [0.2, 0.25) is 0 Å². The van der Waals surface area contributed by atoms with Gasteiger partial charge in [0.15, 0.2) is 0 Å². The van der Waals surface area contributed by atoms with Crippen molar-refractivity contribution in [2.24, 2.45) is 11.8 Å². The predicted octanol–water partition coefficient (Wildman–Crippen LogP) is 1.60. The predicted molar refractivity (Wildman–Crippen MR) is 73.3 cm³/mol. The Morgan fingerprint density at radius 3 is 2.30 bits per heavy atom. The molecule has 1 heterocycles. The molecule has 1 saturated heterocycles. The first-order valence-electron chi connectivity index (χ1n) is 6.71. The summed E-state index contributed by atoms with van der Waals surface area (Å²) in [5, 5.41) is 18.3. The Morgan fingerprint density at radius 1 is 1.15 bits per heavy atom. The van der Waals surface area contributed by atoms with Crippen LogP contribution in [-0.4, -0.2) is 40.1 Å². The van der Waals surface area contributed by atoms with Crippen LogP contribution in [0.25, 0.3) is 0 Å². The highest BCUT2D eigenvalue weighted by Crippen LogP contribution is 2.25. The monoisotopic (exact) mass is 277 g/mol. The van der Waals surface area contributed by atoms with Crippen molar-refractivity contribution in [1.29, 1.82) is 0 Å². The van der Waals surface area contributed by atoms with Crippen molar-refractivity contribution in [3.8, 4) is 0 Å². The van der Waals surface area contributed by atoms with Crippen LogP contribution in [0.15, 0.2) is 24.3 Å². The molecule has 5 nitrogen and oxygen atoms in total. The van der Waals surface area contributed by atoms with Gasteiger partial charge >= 0.3 is 11.9 Å². The van der Waals surface area contributed by atoms with Crippen LogP contribution in [0, 0.1) is 18.8 Å². The third-order valence-corrected chi connectivity index (χ3v) is 3.86. The molecule has 1 aliphatic rings. The number of rotatable bonds is 4. The Bertz CT molecular complexity index is 497. The fourth-order valence-corrected chi connectivity index (χ4v) is 2.66. The third-order valence-electron chi connectivity index (χ3n) is 3.86. The maximum atomic E-state index is 11.2. The molecule has 0 saturated carbocycles. The summed E-state index contributed by atoms with van der Waals surface area (Å²) in [5.41, 5.74) is 2.30. The zero-order valence-electron chi connectivity index (χ0n) is 11.5. The first-order chi connectivity index (χ1) is 9.47. The van der Waals surface area contributed by atoms with Crippen molar-refractivity contribution < 1.29 is 19.8 Å². The Hall–Kier alpha value is -1.88. The van der Waals surface area contributed by atoms with Crippen molar-refractivity contribution in [1.82, 2.24) is 4.90 Å². The van der Waals surface area contributed by atoms with E-state index in [0.717, 1.165) is 5.56 Å². The zero-order valence-corrected chi connectivity index (χ0v) is 11.5. The minimum atomic E-state index is -1.02. The molecular weight excluding hydrogens is 258 g/mol. The summed E-state index contributed by atoms with van der Waals surface area (Å²) in [6.07, 6.45) is 0.387. The second-order valence-electron chi connectivity index (χ2n) is 5.40. The number of carboxylic acid groups (broad SMARTS) is 2. The molecule has 2 rings (SSSR count). The Morgan fingerprint density at radius 2 is 1.75 bits per heavy atom. The van der Waals surface area contributed by atoms with Crippen LogP contribution in [0.3, 0.4) is 0 Å². The molecule has 20 heavy (non-hydrogen) atoms. The average Bonchev–Trinajstić information content (AvgIpc) is 2.41. The van der Waals surface area contributed by atoms with Crippen molar-refractivity contribution in [2.45, 2.75) is 19.9 Å². The molecule has 1 aliphatic heterocycles. The van der Waals surface area contributed by atoms with Gasteiger partial charge in [-0.25, -0.2) is 0 Å². The number of hydrogen-bond acceptors (Lipinski definition) is 3. The number of nitrogens with zero attached hydrogens (tertiary/aromatic N) is 1. The third kappa shape index (κ3) is 3.36. The number of aliphatic carboxylic acids is 2. The van der Waals surface area contributed by atoms with Gasteiger partial charge < -0.3 is 10.2 Å². The van der Waals surface area contributed by atoms with Gasteiger partial charge in [-0.3, -0.25) is 14.5 Å². The van der Waals surface area contributed by atoms with Crippen LogP contribution < -0.4 is 0 Å². The van der Waals surface area contributed by atoms with E-state index in [-0.39, 0.29) is 0 Å². The van der Waals surface area contributed by atoms with Gasteiger partial charge in [-0.1, -0.05) is 29.8 Å². The number of likely N-dealkylation sites (tertiary alicyclic amines) is 1. The van der Waals surface area contributed by atoms with E-state index in [1.807, 2.05) is 36.1 Å². The van der Waals surface area contributed by atoms with E-state index in [1.54, 1.807) is 0 Å². The van der Waals surface area contributed by atoms with E-state index in [4.69, 9.17) is 5.11 Å². The normalized spacial score (nSPS) is 23.4. The highest BCUT2D eigenvalue weighted by atomic mass is 16.4. The molecular formula is C15H19NO4. The minimum Gasteiger partial charge on any atom is -0.481 e. The Kier molecular flexibility index (Phi) is 4.39. The Balaban J connectivity index is 2.03. The van der Waals surface area contributed by atoms with Gasteiger partial charge in [0.05, 0.1) is 11.8 Å². The number of aryl methyl sites for hydroxylation is 1. The molecule has 0 aliphatic carbocycles. The summed E-state index contributed by atoms with van der Waals surface area (Å²) in [6.45, 7) is 3.59. The summed E-state index contributed by atoms with van der Waals surface area (Å²) in [6, 6.07) is 8.09. The smallest absolute Gasteiger partial charge is 0.308 e. The molecule has 0 amide bonds. The van der Waals surface area contributed by atoms with Gasteiger partial charge in [0.1, 0.15) is 0 Å². The number of benzene rings is 1. The maximum absolute atomic E-state index is 11.2. The van der Waals surface area contributed by atoms with Crippen LogP contribution in [-0.2, 0) is 16.1 Å². The number of carboxylic acids is 2. The first-order valence-corrected chi connectivity index (χ1v) is 6.71. The maximum Gasteiger partial charge on any atom is 0.308 e. The van der Waals surface area contributed by atoms with Gasteiger partial charge in [0.2, 0.25) is 0 Å². The van der Waals surface area contributed by atoms with Crippen LogP contribution in [0.1, 0.15) is 17.5 Å². The lowest BCUT2D eigenvalue weighted by Crippen LogP contribution is -2.46. The first kappa shape index (κ1) is 14.5. The highest BCUT2D eigenvalue weighted by molar-refractivity contribution is 5.80. The second kappa shape index (κ2) is 6.05. The molecule has 0 radical (unpaired) electrons. The number of hydrogen-bond donors (Lipinski definition) is 2. The van der Waals surface area contributed by atoms with Crippen molar-refractivity contribution >= 4 is 11.9 Å². The molecule has 2 N–H and O–H groups in total. The molecule has 1 aromatic rings. The largest absolute Gasteiger partial charge is 0.481 e. The van der Waals surface area contributed by atoms with Crippen LogP contribution in [0.4, 0.5) is 0 Å². The summed E-state index contributed by atoms with van der Waals surface area (Å²) >= 11 is 0. The zero-order chi connectivity index (χ0) is 14.7. The van der Waals surface area contributed by atoms with E-state index in [2.05, 4.69) is 0 Å². The second-order valence-corrected chi connectivity index (χ2v) is 5.40. The van der Waals surface area contributed by atoms with Gasteiger partial charge in [-0.2, -0.15) is 0 Å². The molecule has 1 fully saturated rings. The lowest BCUT2D eigenvalue weighted by Gasteiger charge is -2.34. The molecule has 0 bridgehead atoms. The fourth-order valence-electron chi connectivity index (χ4n) is 2.66. The summed E-state index contributed by atoms with van der Waals surface area (Å²) < 4.78 is 0. The summed E-state index contributed by atoms with van der Waals surface area (Å²) in [4.78, 5) is 24.3. The Labute approximate surface area is 117 Å². The van der Waals surface area contributed by atoms with Crippen molar-refractivity contribution in [3.05, 3.63) is 35.4 Å². The molecule has 2 atom stereocenters. The quantitative estimate of drug-likeness (QED) is 0.874. The van der Waals surface area contributed by atoms with Gasteiger partial charge in [0, 0.05) is 13.1 Å². The van der Waals surface area contributed by atoms with Crippen molar-refractivity contribution in [3.63, 3.8) is 0 Å².